The Bertz CT molecular complexity index is 375. The third-order valence-electron chi connectivity index (χ3n) is 1.43. The average molecular weight is 264 g/mol. The second-order valence-corrected chi connectivity index (χ2v) is 4.98. The minimum atomic E-state index is -1.63. The van der Waals surface area contributed by atoms with E-state index >= 15 is 0 Å². The molecule has 0 bridgehead atoms. The SMILES string of the molecule is CON=Cc1cnc(SCCC=C(F)F)s1. The van der Waals surface area contributed by atoms with Crippen LogP contribution < -0.4 is 0 Å². The fourth-order valence-corrected chi connectivity index (χ4v) is 2.64. The van der Waals surface area contributed by atoms with E-state index in [0.29, 0.717) is 12.2 Å². The van der Waals surface area contributed by atoms with Crippen molar-refractivity contribution in [2.75, 3.05) is 12.9 Å². The molecule has 1 aromatic rings. The summed E-state index contributed by atoms with van der Waals surface area (Å²) in [4.78, 5) is 9.51. The van der Waals surface area contributed by atoms with Crippen LogP contribution in [-0.4, -0.2) is 24.1 Å². The van der Waals surface area contributed by atoms with Gasteiger partial charge in [0, 0.05) is 11.9 Å². The minimum Gasteiger partial charge on any atom is -0.399 e. The van der Waals surface area contributed by atoms with Gasteiger partial charge in [-0.1, -0.05) is 16.9 Å². The van der Waals surface area contributed by atoms with Crippen LogP contribution in [0.2, 0.25) is 0 Å². The Morgan fingerprint density at radius 1 is 1.69 bits per heavy atom. The van der Waals surface area contributed by atoms with Gasteiger partial charge in [-0.15, -0.1) is 11.3 Å². The van der Waals surface area contributed by atoms with Gasteiger partial charge in [0.1, 0.15) is 11.4 Å². The van der Waals surface area contributed by atoms with Crippen LogP contribution >= 0.6 is 23.1 Å². The van der Waals surface area contributed by atoms with Crippen molar-refractivity contribution >= 4 is 29.3 Å². The maximum atomic E-state index is 11.7. The van der Waals surface area contributed by atoms with Crippen LogP contribution in [0.3, 0.4) is 0 Å². The van der Waals surface area contributed by atoms with Crippen molar-refractivity contribution in [2.45, 2.75) is 10.8 Å². The normalized spacial score (nSPS) is 10.7. The number of oxime groups is 1. The van der Waals surface area contributed by atoms with Gasteiger partial charge in [0.2, 0.25) is 0 Å². The predicted octanol–water partition coefficient (Wildman–Crippen LogP) is 3.39. The summed E-state index contributed by atoms with van der Waals surface area (Å²) in [6, 6.07) is 0. The highest BCUT2D eigenvalue weighted by atomic mass is 32.2. The maximum absolute atomic E-state index is 11.7. The van der Waals surface area contributed by atoms with Crippen LogP contribution in [0.4, 0.5) is 8.78 Å². The number of thioether (sulfide) groups is 1. The molecular formula is C9H10F2N2OS2. The van der Waals surface area contributed by atoms with Crippen LogP contribution in [0.5, 0.6) is 0 Å². The zero-order valence-electron chi connectivity index (χ0n) is 8.52. The molecule has 0 aliphatic carbocycles. The molecule has 3 nitrogen and oxygen atoms in total. The third-order valence-corrected chi connectivity index (χ3v) is 3.55. The number of aromatic nitrogens is 1. The summed E-state index contributed by atoms with van der Waals surface area (Å²) in [5.41, 5.74) is 0. The van der Waals surface area contributed by atoms with Crippen molar-refractivity contribution < 1.29 is 13.6 Å². The van der Waals surface area contributed by atoms with E-state index in [0.717, 1.165) is 15.3 Å². The molecule has 0 atom stereocenters. The summed E-state index contributed by atoms with van der Waals surface area (Å²) in [7, 11) is 1.46. The molecule has 0 radical (unpaired) electrons. The molecule has 1 aromatic heterocycles. The molecule has 1 rings (SSSR count). The van der Waals surface area contributed by atoms with E-state index in [2.05, 4.69) is 15.0 Å². The Morgan fingerprint density at radius 3 is 3.19 bits per heavy atom. The largest absolute Gasteiger partial charge is 0.399 e. The summed E-state index contributed by atoms with van der Waals surface area (Å²) in [5.74, 6) is 0.589. The zero-order chi connectivity index (χ0) is 11.8. The molecule has 1 heterocycles. The van der Waals surface area contributed by atoms with E-state index in [1.54, 1.807) is 12.4 Å². The quantitative estimate of drug-likeness (QED) is 0.342. The van der Waals surface area contributed by atoms with Crippen LogP contribution in [0, 0.1) is 0 Å². The molecule has 0 aliphatic rings. The Morgan fingerprint density at radius 2 is 2.50 bits per heavy atom. The molecule has 0 aromatic carbocycles. The molecule has 7 heteroatoms. The molecule has 0 amide bonds. The van der Waals surface area contributed by atoms with Crippen molar-refractivity contribution in [1.82, 2.24) is 4.98 Å². The monoisotopic (exact) mass is 264 g/mol. The van der Waals surface area contributed by atoms with Crippen LogP contribution in [-0.2, 0) is 4.84 Å². The molecule has 0 aliphatic heterocycles. The highest BCUT2D eigenvalue weighted by Crippen LogP contribution is 2.24. The molecule has 0 saturated heterocycles. The summed E-state index contributed by atoms with van der Waals surface area (Å²) in [5, 5.41) is 3.60. The number of allylic oxidation sites excluding steroid dienone is 1. The molecular weight excluding hydrogens is 254 g/mol. The zero-order valence-corrected chi connectivity index (χ0v) is 10.2. The number of thiazole rings is 1. The number of halogens is 2. The highest BCUT2D eigenvalue weighted by Gasteiger charge is 2.00. The van der Waals surface area contributed by atoms with Gasteiger partial charge in [0.05, 0.1) is 11.1 Å². The van der Waals surface area contributed by atoms with Gasteiger partial charge < -0.3 is 4.84 Å². The first kappa shape index (κ1) is 13.1. The fraction of sp³-hybridized carbons (Fsp3) is 0.333. The lowest BCUT2D eigenvalue weighted by atomic mass is 10.5. The lowest BCUT2D eigenvalue weighted by Gasteiger charge is -1.91. The van der Waals surface area contributed by atoms with E-state index in [1.807, 2.05) is 0 Å². The Hall–Kier alpha value is -0.950. The van der Waals surface area contributed by atoms with E-state index in [1.165, 1.54) is 30.2 Å². The molecule has 0 fully saturated rings. The van der Waals surface area contributed by atoms with E-state index in [9.17, 15) is 8.78 Å². The first-order chi connectivity index (χ1) is 7.72. The topological polar surface area (TPSA) is 34.5 Å². The fourth-order valence-electron chi connectivity index (χ4n) is 0.815. The van der Waals surface area contributed by atoms with Gasteiger partial charge in [-0.05, 0) is 12.5 Å². The second kappa shape index (κ2) is 7.34. The van der Waals surface area contributed by atoms with E-state index in [4.69, 9.17) is 0 Å². The summed E-state index contributed by atoms with van der Waals surface area (Å²) in [6.07, 6.45) is 2.85. The Kier molecular flexibility index (Phi) is 6.02. The number of hydrogen-bond donors (Lipinski definition) is 0. The minimum absolute atomic E-state index is 0.341. The Labute approximate surface area is 100 Å². The van der Waals surface area contributed by atoms with Gasteiger partial charge in [0.25, 0.3) is 6.08 Å². The van der Waals surface area contributed by atoms with Gasteiger partial charge in [-0.25, -0.2) is 4.98 Å². The van der Waals surface area contributed by atoms with Crippen molar-refractivity contribution in [1.29, 1.82) is 0 Å². The van der Waals surface area contributed by atoms with E-state index < -0.39 is 6.08 Å². The molecule has 0 N–H and O–H groups in total. The molecule has 0 spiro atoms. The first-order valence-electron chi connectivity index (χ1n) is 4.38. The lowest BCUT2D eigenvalue weighted by Crippen LogP contribution is -1.75. The smallest absolute Gasteiger partial charge is 0.266 e. The molecule has 88 valence electrons. The summed E-state index contributed by atoms with van der Waals surface area (Å²) in [6.45, 7) is 0. The highest BCUT2D eigenvalue weighted by molar-refractivity contribution is 8.01. The van der Waals surface area contributed by atoms with Crippen LogP contribution in [0.15, 0.2) is 27.8 Å². The lowest BCUT2D eigenvalue weighted by molar-refractivity contribution is 0.215. The van der Waals surface area contributed by atoms with Crippen molar-refractivity contribution in [2.24, 2.45) is 5.16 Å². The van der Waals surface area contributed by atoms with E-state index in [-0.39, 0.29) is 0 Å². The standard InChI is InChI=1S/C9H10F2N2OS2/c1-14-13-6-7-5-12-9(16-7)15-4-2-3-8(10)11/h3,5-6H,2,4H2,1H3. The summed E-state index contributed by atoms with van der Waals surface area (Å²) >= 11 is 2.89. The first-order valence-corrected chi connectivity index (χ1v) is 6.19. The number of nitrogens with zero attached hydrogens (tertiary/aromatic N) is 2. The van der Waals surface area contributed by atoms with Gasteiger partial charge in [-0.2, -0.15) is 8.78 Å². The Balaban J connectivity index is 2.35. The van der Waals surface area contributed by atoms with Crippen LogP contribution in [0.25, 0.3) is 0 Å². The molecule has 0 saturated carbocycles. The van der Waals surface area contributed by atoms with Gasteiger partial charge in [-0.3, -0.25) is 0 Å². The number of rotatable bonds is 6. The average Bonchev–Trinajstić information content (AvgIpc) is 2.69. The summed E-state index contributed by atoms with van der Waals surface area (Å²) < 4.78 is 24.3. The van der Waals surface area contributed by atoms with Gasteiger partial charge >= 0.3 is 0 Å². The second-order valence-electron chi connectivity index (χ2n) is 2.58. The van der Waals surface area contributed by atoms with Gasteiger partial charge in [0.15, 0.2) is 0 Å². The van der Waals surface area contributed by atoms with Crippen molar-refractivity contribution in [3.05, 3.63) is 23.2 Å². The maximum Gasteiger partial charge on any atom is 0.266 e. The number of hydrogen-bond acceptors (Lipinski definition) is 5. The van der Waals surface area contributed by atoms with Crippen molar-refractivity contribution in [3.63, 3.8) is 0 Å². The predicted molar refractivity (Wildman–Crippen MR) is 62.4 cm³/mol. The molecule has 0 unspecified atom stereocenters. The molecule has 16 heavy (non-hydrogen) atoms. The third kappa shape index (κ3) is 5.22. The van der Waals surface area contributed by atoms with Crippen LogP contribution in [0.1, 0.15) is 11.3 Å². The van der Waals surface area contributed by atoms with Crippen molar-refractivity contribution in [3.8, 4) is 0 Å².